The number of nitrogens with two attached hydrogens (primary N) is 1. The predicted molar refractivity (Wildman–Crippen MR) is 91.2 cm³/mol. The number of carbonyl (C=O) groups excluding carboxylic acids is 1. The molecule has 2 aromatic carbocycles. The third kappa shape index (κ3) is 2.94. The van der Waals surface area contributed by atoms with E-state index >= 15 is 0 Å². The molecule has 0 saturated heterocycles. The lowest BCUT2D eigenvalue weighted by Gasteiger charge is -2.11. The summed E-state index contributed by atoms with van der Waals surface area (Å²) in [5.74, 6) is -0.430. The summed E-state index contributed by atoms with van der Waals surface area (Å²) < 4.78 is 5.21. The van der Waals surface area contributed by atoms with Gasteiger partial charge in [-0.15, -0.1) is 0 Å². The summed E-state index contributed by atoms with van der Waals surface area (Å²) in [6.45, 7) is 2.04. The Morgan fingerprint density at radius 1 is 1.25 bits per heavy atom. The lowest BCUT2D eigenvalue weighted by molar-refractivity contribution is 0.100. The van der Waals surface area contributed by atoms with Gasteiger partial charge in [-0.25, -0.2) is 4.79 Å². The molecule has 0 fully saturated rings. The van der Waals surface area contributed by atoms with Crippen LogP contribution >= 0.6 is 0 Å². The summed E-state index contributed by atoms with van der Waals surface area (Å²) in [5.41, 5.74) is 7.51. The first-order valence-electron chi connectivity index (χ1n) is 7.35. The molecule has 0 saturated carbocycles. The number of phenols is 1. The van der Waals surface area contributed by atoms with Crippen LogP contribution in [0.4, 0.5) is 5.69 Å². The molecule has 122 valence electrons. The second-order valence-corrected chi connectivity index (χ2v) is 5.48. The number of hydrogen-bond acceptors (Lipinski definition) is 5. The Morgan fingerprint density at radius 2 is 2.04 bits per heavy atom. The van der Waals surface area contributed by atoms with Gasteiger partial charge in [0.2, 0.25) is 5.91 Å². The van der Waals surface area contributed by atoms with Crippen LogP contribution in [-0.2, 0) is 6.54 Å². The van der Waals surface area contributed by atoms with E-state index in [1.807, 2.05) is 0 Å². The van der Waals surface area contributed by atoms with Crippen LogP contribution in [0.2, 0.25) is 0 Å². The standard InChI is InChI=1S/C18H16N2O4/c1-10-15(21)6-5-14-12(8-16(22)24-17(10)14)9-20-13-4-2-3-11(7-13)18(19)23/h2-8,20-21H,9H2,1H3,(H2,19,23). The van der Waals surface area contributed by atoms with Crippen molar-refractivity contribution in [3.05, 3.63) is 69.6 Å². The zero-order valence-electron chi connectivity index (χ0n) is 13.0. The van der Waals surface area contributed by atoms with E-state index in [1.54, 1.807) is 43.3 Å². The molecule has 6 nitrogen and oxygen atoms in total. The summed E-state index contributed by atoms with van der Waals surface area (Å²) in [6.07, 6.45) is 0. The first-order valence-corrected chi connectivity index (χ1v) is 7.35. The maximum atomic E-state index is 11.8. The Labute approximate surface area is 137 Å². The third-order valence-electron chi connectivity index (χ3n) is 3.85. The number of rotatable bonds is 4. The molecule has 4 N–H and O–H groups in total. The SMILES string of the molecule is Cc1c(O)ccc2c(CNc3cccc(C(N)=O)c3)cc(=O)oc12. The van der Waals surface area contributed by atoms with E-state index in [-0.39, 0.29) is 5.75 Å². The van der Waals surface area contributed by atoms with Crippen LogP contribution in [0.15, 0.2) is 51.7 Å². The number of nitrogens with one attached hydrogen (secondary N) is 1. The van der Waals surface area contributed by atoms with Crippen LogP contribution < -0.4 is 16.7 Å². The van der Waals surface area contributed by atoms with Gasteiger partial charge in [0.25, 0.3) is 0 Å². The number of carbonyl (C=O) groups is 1. The molecule has 0 bridgehead atoms. The molecule has 3 aromatic rings. The molecule has 0 aliphatic carbocycles. The monoisotopic (exact) mass is 324 g/mol. The topological polar surface area (TPSA) is 106 Å². The number of fused-ring (bicyclic) bond motifs is 1. The average molecular weight is 324 g/mol. The van der Waals surface area contributed by atoms with Crippen LogP contribution in [0.25, 0.3) is 11.0 Å². The van der Waals surface area contributed by atoms with Gasteiger partial charge < -0.3 is 20.6 Å². The fourth-order valence-electron chi connectivity index (χ4n) is 2.54. The maximum absolute atomic E-state index is 11.8. The number of aromatic hydroxyl groups is 1. The van der Waals surface area contributed by atoms with E-state index in [0.717, 1.165) is 10.9 Å². The molecule has 1 amide bonds. The predicted octanol–water partition coefficient (Wildman–Crippen LogP) is 2.52. The molecule has 24 heavy (non-hydrogen) atoms. The maximum Gasteiger partial charge on any atom is 0.336 e. The fraction of sp³-hybridized carbons (Fsp3) is 0.111. The van der Waals surface area contributed by atoms with Crippen molar-refractivity contribution in [2.45, 2.75) is 13.5 Å². The number of anilines is 1. The minimum Gasteiger partial charge on any atom is -0.508 e. The fourth-order valence-corrected chi connectivity index (χ4v) is 2.54. The van der Waals surface area contributed by atoms with Gasteiger partial charge in [0.05, 0.1) is 0 Å². The highest BCUT2D eigenvalue weighted by Crippen LogP contribution is 2.27. The van der Waals surface area contributed by atoms with Gasteiger partial charge in [-0.1, -0.05) is 6.07 Å². The van der Waals surface area contributed by atoms with E-state index in [9.17, 15) is 14.7 Å². The number of benzene rings is 2. The van der Waals surface area contributed by atoms with Crippen LogP contribution in [0.1, 0.15) is 21.5 Å². The molecule has 6 heteroatoms. The summed E-state index contributed by atoms with van der Waals surface area (Å²) in [5, 5.41) is 13.7. The van der Waals surface area contributed by atoms with Crippen LogP contribution in [0.5, 0.6) is 5.75 Å². The lowest BCUT2D eigenvalue weighted by atomic mass is 10.1. The Bertz CT molecular complexity index is 992. The van der Waals surface area contributed by atoms with Gasteiger partial charge in [-0.2, -0.15) is 0 Å². The Morgan fingerprint density at radius 3 is 2.79 bits per heavy atom. The molecule has 1 heterocycles. The van der Waals surface area contributed by atoms with Crippen molar-refractivity contribution in [1.82, 2.24) is 0 Å². The molecule has 1 aromatic heterocycles. The largest absolute Gasteiger partial charge is 0.508 e. The van der Waals surface area contributed by atoms with Gasteiger partial charge >= 0.3 is 5.63 Å². The van der Waals surface area contributed by atoms with Gasteiger partial charge in [0, 0.05) is 34.8 Å². The van der Waals surface area contributed by atoms with E-state index < -0.39 is 11.5 Å². The third-order valence-corrected chi connectivity index (χ3v) is 3.85. The van der Waals surface area contributed by atoms with Gasteiger partial charge in [-0.05, 0) is 42.8 Å². The molecule has 0 spiro atoms. The quantitative estimate of drug-likeness (QED) is 0.639. The number of primary amides is 1. The Hall–Kier alpha value is -3.28. The number of phenolic OH excluding ortho intramolecular Hbond substituents is 1. The molecule has 0 atom stereocenters. The van der Waals surface area contributed by atoms with Crippen LogP contribution in [0, 0.1) is 6.92 Å². The van der Waals surface area contributed by atoms with E-state index in [1.165, 1.54) is 6.07 Å². The highest BCUT2D eigenvalue weighted by molar-refractivity contribution is 5.93. The van der Waals surface area contributed by atoms with Gasteiger partial charge in [0.1, 0.15) is 11.3 Å². The lowest BCUT2D eigenvalue weighted by Crippen LogP contribution is -2.11. The van der Waals surface area contributed by atoms with Crippen LogP contribution in [-0.4, -0.2) is 11.0 Å². The minimum atomic E-state index is -0.504. The average Bonchev–Trinajstić information content (AvgIpc) is 2.56. The van der Waals surface area contributed by atoms with E-state index in [0.29, 0.717) is 28.9 Å². The zero-order valence-corrected chi connectivity index (χ0v) is 13.0. The molecular weight excluding hydrogens is 308 g/mol. The Kier molecular flexibility index (Phi) is 3.95. The van der Waals surface area contributed by atoms with Gasteiger partial charge in [0.15, 0.2) is 0 Å². The highest BCUT2D eigenvalue weighted by atomic mass is 16.4. The van der Waals surface area contributed by atoms with Crippen molar-refractivity contribution in [2.75, 3.05) is 5.32 Å². The Balaban J connectivity index is 1.96. The molecule has 0 unspecified atom stereocenters. The summed E-state index contributed by atoms with van der Waals surface area (Å²) in [6, 6.07) is 11.5. The summed E-state index contributed by atoms with van der Waals surface area (Å²) in [4.78, 5) is 23.0. The zero-order chi connectivity index (χ0) is 17.3. The van der Waals surface area contributed by atoms with Crippen molar-refractivity contribution in [1.29, 1.82) is 0 Å². The van der Waals surface area contributed by atoms with Crippen molar-refractivity contribution in [3.8, 4) is 5.75 Å². The summed E-state index contributed by atoms with van der Waals surface area (Å²) in [7, 11) is 0. The number of aryl methyl sites for hydroxylation is 1. The first-order chi connectivity index (χ1) is 11.5. The molecule has 0 radical (unpaired) electrons. The summed E-state index contributed by atoms with van der Waals surface area (Å²) >= 11 is 0. The molecular formula is C18H16N2O4. The van der Waals surface area contributed by atoms with Crippen LogP contribution in [0.3, 0.4) is 0 Å². The van der Waals surface area contributed by atoms with Gasteiger partial charge in [-0.3, -0.25) is 4.79 Å². The first kappa shape index (κ1) is 15.6. The van der Waals surface area contributed by atoms with Crippen molar-refractivity contribution >= 4 is 22.6 Å². The molecule has 0 aliphatic rings. The molecule has 3 rings (SSSR count). The normalized spacial score (nSPS) is 10.7. The van der Waals surface area contributed by atoms with Crippen molar-refractivity contribution in [3.63, 3.8) is 0 Å². The smallest absolute Gasteiger partial charge is 0.336 e. The van der Waals surface area contributed by atoms with Crippen molar-refractivity contribution in [2.24, 2.45) is 5.73 Å². The number of hydrogen-bond donors (Lipinski definition) is 3. The van der Waals surface area contributed by atoms with E-state index in [2.05, 4.69) is 5.32 Å². The minimum absolute atomic E-state index is 0.0740. The second-order valence-electron chi connectivity index (χ2n) is 5.48. The number of amides is 1. The van der Waals surface area contributed by atoms with E-state index in [4.69, 9.17) is 10.2 Å². The van der Waals surface area contributed by atoms with Crippen molar-refractivity contribution < 1.29 is 14.3 Å². The second kappa shape index (κ2) is 6.08. The highest BCUT2D eigenvalue weighted by Gasteiger charge is 2.11. The molecule has 0 aliphatic heterocycles.